The number of ether oxygens (including phenoxy) is 1. The number of likely N-dealkylation sites (tertiary alicyclic amines) is 1. The van der Waals surface area contributed by atoms with E-state index in [1.807, 2.05) is 29.2 Å². The van der Waals surface area contributed by atoms with Gasteiger partial charge in [-0.15, -0.1) is 11.6 Å². The molecule has 1 fully saturated rings. The third-order valence-electron chi connectivity index (χ3n) is 4.25. The SMILES string of the molecule is CC1CCN(C(=O)C2Cc3ccccc3O2)C1CCl. The van der Waals surface area contributed by atoms with E-state index in [0.29, 0.717) is 18.2 Å². The van der Waals surface area contributed by atoms with Gasteiger partial charge in [-0.1, -0.05) is 25.1 Å². The molecule has 0 bridgehead atoms. The monoisotopic (exact) mass is 279 g/mol. The minimum atomic E-state index is -0.367. The van der Waals surface area contributed by atoms with E-state index in [2.05, 4.69) is 6.92 Å². The molecule has 4 heteroatoms. The van der Waals surface area contributed by atoms with Crippen LogP contribution < -0.4 is 4.74 Å². The van der Waals surface area contributed by atoms with Crippen LogP contribution in [0.1, 0.15) is 18.9 Å². The molecule has 0 saturated carbocycles. The normalized spacial score (nSPS) is 29.2. The first-order chi connectivity index (χ1) is 9.20. The van der Waals surface area contributed by atoms with E-state index in [9.17, 15) is 4.79 Å². The minimum Gasteiger partial charge on any atom is -0.480 e. The van der Waals surface area contributed by atoms with Gasteiger partial charge in [0, 0.05) is 24.9 Å². The summed E-state index contributed by atoms with van der Waals surface area (Å²) in [6.45, 7) is 2.96. The summed E-state index contributed by atoms with van der Waals surface area (Å²) in [4.78, 5) is 14.5. The summed E-state index contributed by atoms with van der Waals surface area (Å²) in [6.07, 6.45) is 1.34. The maximum absolute atomic E-state index is 12.6. The molecule has 0 spiro atoms. The van der Waals surface area contributed by atoms with Crippen molar-refractivity contribution in [1.82, 2.24) is 4.90 Å². The van der Waals surface area contributed by atoms with Crippen LogP contribution in [0.4, 0.5) is 0 Å². The lowest BCUT2D eigenvalue weighted by Gasteiger charge is -2.27. The number of amides is 1. The molecule has 1 amide bonds. The molecule has 3 atom stereocenters. The van der Waals surface area contributed by atoms with Crippen LogP contribution in [0.25, 0.3) is 0 Å². The van der Waals surface area contributed by atoms with Crippen molar-refractivity contribution in [2.24, 2.45) is 5.92 Å². The van der Waals surface area contributed by atoms with Crippen molar-refractivity contribution in [3.8, 4) is 5.75 Å². The maximum Gasteiger partial charge on any atom is 0.264 e. The molecular formula is C15H18ClNO2. The molecule has 19 heavy (non-hydrogen) atoms. The molecule has 1 saturated heterocycles. The van der Waals surface area contributed by atoms with E-state index in [1.54, 1.807) is 0 Å². The molecular weight excluding hydrogens is 262 g/mol. The van der Waals surface area contributed by atoms with Gasteiger partial charge in [0.25, 0.3) is 5.91 Å². The molecule has 0 N–H and O–H groups in total. The van der Waals surface area contributed by atoms with Gasteiger partial charge in [-0.05, 0) is 24.0 Å². The third-order valence-corrected chi connectivity index (χ3v) is 4.56. The summed E-state index contributed by atoms with van der Waals surface area (Å²) in [5, 5.41) is 0. The highest BCUT2D eigenvalue weighted by molar-refractivity contribution is 6.18. The van der Waals surface area contributed by atoms with Gasteiger partial charge in [0.05, 0.1) is 0 Å². The maximum atomic E-state index is 12.6. The van der Waals surface area contributed by atoms with Crippen molar-refractivity contribution in [2.45, 2.75) is 31.9 Å². The Hall–Kier alpha value is -1.22. The highest BCUT2D eigenvalue weighted by Crippen LogP contribution is 2.32. The van der Waals surface area contributed by atoms with Crippen LogP contribution in [-0.2, 0) is 11.2 Å². The Bertz CT molecular complexity index is 466. The minimum absolute atomic E-state index is 0.0891. The first-order valence-electron chi connectivity index (χ1n) is 6.81. The Morgan fingerprint density at radius 2 is 2.26 bits per heavy atom. The molecule has 2 aliphatic rings. The van der Waals surface area contributed by atoms with Crippen LogP contribution in [0.3, 0.4) is 0 Å². The Morgan fingerprint density at radius 3 is 3.00 bits per heavy atom. The highest BCUT2D eigenvalue weighted by Gasteiger charge is 2.39. The topological polar surface area (TPSA) is 29.5 Å². The molecule has 1 aromatic carbocycles. The fraction of sp³-hybridized carbons (Fsp3) is 0.533. The average Bonchev–Trinajstić information content (AvgIpc) is 3.00. The van der Waals surface area contributed by atoms with E-state index in [0.717, 1.165) is 24.3 Å². The van der Waals surface area contributed by atoms with Gasteiger partial charge in [-0.3, -0.25) is 4.79 Å². The zero-order chi connectivity index (χ0) is 13.4. The van der Waals surface area contributed by atoms with Crippen LogP contribution in [0, 0.1) is 5.92 Å². The predicted octanol–water partition coefficient (Wildman–Crippen LogP) is 2.47. The molecule has 2 heterocycles. The van der Waals surface area contributed by atoms with Crippen molar-refractivity contribution < 1.29 is 9.53 Å². The second kappa shape index (κ2) is 5.04. The highest BCUT2D eigenvalue weighted by atomic mass is 35.5. The van der Waals surface area contributed by atoms with Crippen molar-refractivity contribution >= 4 is 17.5 Å². The fourth-order valence-electron chi connectivity index (χ4n) is 3.02. The summed E-state index contributed by atoms with van der Waals surface area (Å²) >= 11 is 6.00. The Kier molecular flexibility index (Phi) is 3.40. The molecule has 3 nitrogen and oxygen atoms in total. The van der Waals surface area contributed by atoms with E-state index < -0.39 is 0 Å². The van der Waals surface area contributed by atoms with Gasteiger partial charge in [0.2, 0.25) is 0 Å². The smallest absolute Gasteiger partial charge is 0.264 e. The molecule has 102 valence electrons. The van der Waals surface area contributed by atoms with Gasteiger partial charge >= 0.3 is 0 Å². The van der Waals surface area contributed by atoms with E-state index in [4.69, 9.17) is 16.3 Å². The number of hydrogen-bond donors (Lipinski definition) is 0. The van der Waals surface area contributed by atoms with Crippen molar-refractivity contribution in [3.05, 3.63) is 29.8 Å². The number of benzene rings is 1. The summed E-state index contributed by atoms with van der Waals surface area (Å²) in [5.41, 5.74) is 1.12. The predicted molar refractivity (Wildman–Crippen MR) is 74.6 cm³/mol. The Labute approximate surface area is 118 Å². The summed E-state index contributed by atoms with van der Waals surface area (Å²) in [5.74, 6) is 1.92. The molecule has 0 aromatic heterocycles. The van der Waals surface area contributed by atoms with Crippen molar-refractivity contribution in [2.75, 3.05) is 12.4 Å². The first kappa shape index (κ1) is 12.8. The van der Waals surface area contributed by atoms with Gasteiger partial charge in [-0.25, -0.2) is 0 Å². The van der Waals surface area contributed by atoms with Crippen molar-refractivity contribution in [3.63, 3.8) is 0 Å². The van der Waals surface area contributed by atoms with E-state index in [1.165, 1.54) is 0 Å². The van der Waals surface area contributed by atoms with Gasteiger partial charge < -0.3 is 9.64 Å². The molecule has 3 unspecified atom stereocenters. The zero-order valence-corrected chi connectivity index (χ0v) is 11.8. The van der Waals surface area contributed by atoms with Crippen LogP contribution >= 0.6 is 11.6 Å². The van der Waals surface area contributed by atoms with Gasteiger partial charge in [0.1, 0.15) is 5.75 Å². The standard InChI is InChI=1S/C15H18ClNO2/c1-10-6-7-17(12(10)9-16)15(18)14-8-11-4-2-3-5-13(11)19-14/h2-5,10,12,14H,6-9H2,1H3. The largest absolute Gasteiger partial charge is 0.480 e. The summed E-state index contributed by atoms with van der Waals surface area (Å²) in [6, 6.07) is 8.02. The van der Waals surface area contributed by atoms with Crippen LogP contribution in [0.2, 0.25) is 0 Å². The van der Waals surface area contributed by atoms with Crippen LogP contribution in [-0.4, -0.2) is 35.4 Å². The number of carbonyl (C=O) groups is 1. The Balaban J connectivity index is 1.73. The molecule has 0 radical (unpaired) electrons. The Morgan fingerprint density at radius 1 is 1.47 bits per heavy atom. The number of hydrogen-bond acceptors (Lipinski definition) is 2. The number of alkyl halides is 1. The lowest BCUT2D eigenvalue weighted by molar-refractivity contribution is -0.138. The number of rotatable bonds is 2. The summed E-state index contributed by atoms with van der Waals surface area (Å²) < 4.78 is 5.77. The van der Waals surface area contributed by atoms with Gasteiger partial charge in [-0.2, -0.15) is 0 Å². The second-order valence-corrected chi connectivity index (χ2v) is 5.75. The third kappa shape index (κ3) is 2.20. The van der Waals surface area contributed by atoms with Gasteiger partial charge in [0.15, 0.2) is 6.10 Å². The van der Waals surface area contributed by atoms with Crippen LogP contribution in [0.5, 0.6) is 5.75 Å². The van der Waals surface area contributed by atoms with Crippen LogP contribution in [0.15, 0.2) is 24.3 Å². The fourth-order valence-corrected chi connectivity index (χ4v) is 3.49. The van der Waals surface area contributed by atoms with E-state index in [-0.39, 0.29) is 18.1 Å². The number of fused-ring (bicyclic) bond motifs is 1. The molecule has 3 rings (SSSR count). The van der Waals surface area contributed by atoms with E-state index >= 15 is 0 Å². The number of nitrogens with zero attached hydrogens (tertiary/aromatic N) is 1. The zero-order valence-electron chi connectivity index (χ0n) is 11.0. The summed E-state index contributed by atoms with van der Waals surface area (Å²) in [7, 11) is 0. The molecule has 2 aliphatic heterocycles. The lowest BCUT2D eigenvalue weighted by atomic mass is 10.0. The quantitative estimate of drug-likeness (QED) is 0.779. The second-order valence-electron chi connectivity index (χ2n) is 5.44. The molecule has 1 aromatic rings. The number of carbonyl (C=O) groups excluding carboxylic acids is 1. The number of halogens is 1. The lowest BCUT2D eigenvalue weighted by Crippen LogP contribution is -2.45. The van der Waals surface area contributed by atoms with Crippen molar-refractivity contribution in [1.29, 1.82) is 0 Å². The average molecular weight is 280 g/mol. The molecule has 0 aliphatic carbocycles. The first-order valence-corrected chi connectivity index (χ1v) is 7.35. The number of para-hydroxylation sites is 1.